The summed E-state index contributed by atoms with van der Waals surface area (Å²) in [6.45, 7) is 10.4. The minimum Gasteiger partial charge on any atom is -0.507 e. The summed E-state index contributed by atoms with van der Waals surface area (Å²) >= 11 is 0. The Bertz CT molecular complexity index is 751. The summed E-state index contributed by atoms with van der Waals surface area (Å²) < 4.78 is 5.53. The summed E-state index contributed by atoms with van der Waals surface area (Å²) in [7, 11) is 0. The highest BCUT2D eigenvalue weighted by molar-refractivity contribution is 5.85. The van der Waals surface area contributed by atoms with E-state index >= 15 is 0 Å². The van der Waals surface area contributed by atoms with Crippen LogP contribution in [0.1, 0.15) is 25.8 Å². The predicted octanol–water partition coefficient (Wildman–Crippen LogP) is 4.07. The number of likely N-dealkylation sites (N-methyl/N-ethyl adjacent to an activating group) is 1. The van der Waals surface area contributed by atoms with Crippen molar-refractivity contribution in [1.29, 1.82) is 0 Å². The number of aliphatic imine (C=N–C) groups is 1. The van der Waals surface area contributed by atoms with Crippen molar-refractivity contribution >= 4 is 17.6 Å². The highest BCUT2D eigenvalue weighted by atomic mass is 16.5. The second-order valence-electron chi connectivity index (χ2n) is 6.76. The molecule has 3 rings (SSSR count). The van der Waals surface area contributed by atoms with Gasteiger partial charge in [0, 0.05) is 49.7 Å². The summed E-state index contributed by atoms with van der Waals surface area (Å²) in [4.78, 5) is 9.38. The van der Waals surface area contributed by atoms with Crippen LogP contribution in [0.15, 0.2) is 47.5 Å². The van der Waals surface area contributed by atoms with Crippen LogP contribution in [-0.4, -0.2) is 55.6 Å². The van der Waals surface area contributed by atoms with E-state index in [2.05, 4.69) is 40.8 Å². The topological polar surface area (TPSA) is 48.3 Å². The molecule has 144 valence electrons. The zero-order chi connectivity index (χ0) is 19.1. The Morgan fingerprint density at radius 1 is 1.04 bits per heavy atom. The second kappa shape index (κ2) is 9.42. The Morgan fingerprint density at radius 2 is 1.78 bits per heavy atom. The van der Waals surface area contributed by atoms with Gasteiger partial charge in [-0.3, -0.25) is 4.99 Å². The van der Waals surface area contributed by atoms with E-state index in [1.54, 1.807) is 12.3 Å². The molecular weight excluding hydrogens is 338 g/mol. The quantitative estimate of drug-likeness (QED) is 0.750. The molecule has 1 aliphatic rings. The van der Waals surface area contributed by atoms with Crippen molar-refractivity contribution in [2.24, 2.45) is 4.99 Å². The maximum Gasteiger partial charge on any atom is 0.128 e. The van der Waals surface area contributed by atoms with Crippen molar-refractivity contribution in [3.63, 3.8) is 0 Å². The van der Waals surface area contributed by atoms with Crippen molar-refractivity contribution in [3.8, 4) is 11.5 Å². The van der Waals surface area contributed by atoms with Crippen molar-refractivity contribution < 1.29 is 9.84 Å². The molecule has 0 aliphatic carbocycles. The molecule has 0 spiro atoms. The Labute approximate surface area is 161 Å². The molecule has 0 unspecified atom stereocenters. The fourth-order valence-electron chi connectivity index (χ4n) is 3.16. The third-order valence-corrected chi connectivity index (χ3v) is 4.86. The molecular formula is C22H29N3O2. The lowest BCUT2D eigenvalue weighted by atomic mass is 10.2. The van der Waals surface area contributed by atoms with Gasteiger partial charge in [-0.05, 0) is 49.4 Å². The number of rotatable bonds is 7. The Balaban J connectivity index is 1.61. The molecule has 0 amide bonds. The summed E-state index contributed by atoms with van der Waals surface area (Å²) in [5.41, 5.74) is 2.79. The molecule has 1 aliphatic heterocycles. The van der Waals surface area contributed by atoms with Crippen LogP contribution in [-0.2, 0) is 0 Å². The average Bonchev–Trinajstić information content (AvgIpc) is 2.72. The van der Waals surface area contributed by atoms with E-state index < -0.39 is 0 Å². The molecule has 1 saturated heterocycles. The van der Waals surface area contributed by atoms with Gasteiger partial charge in [-0.2, -0.15) is 0 Å². The number of ether oxygens (including phenoxy) is 1. The molecule has 1 fully saturated rings. The van der Waals surface area contributed by atoms with Crippen LogP contribution in [0, 0.1) is 0 Å². The van der Waals surface area contributed by atoms with Gasteiger partial charge in [0.15, 0.2) is 0 Å². The molecule has 1 heterocycles. The van der Waals surface area contributed by atoms with Gasteiger partial charge in [0.25, 0.3) is 0 Å². The normalized spacial score (nSPS) is 15.4. The van der Waals surface area contributed by atoms with E-state index in [0.29, 0.717) is 17.9 Å². The van der Waals surface area contributed by atoms with E-state index in [1.807, 2.05) is 24.3 Å². The number of phenols is 1. The molecule has 0 atom stereocenters. The van der Waals surface area contributed by atoms with Crippen molar-refractivity contribution in [2.75, 3.05) is 44.2 Å². The maximum absolute atomic E-state index is 10.1. The Hall–Kier alpha value is -2.53. The van der Waals surface area contributed by atoms with E-state index in [0.717, 1.165) is 44.8 Å². The number of benzene rings is 2. The summed E-state index contributed by atoms with van der Waals surface area (Å²) in [6.07, 6.45) is 2.63. The summed E-state index contributed by atoms with van der Waals surface area (Å²) in [6, 6.07) is 13.6. The molecule has 1 N–H and O–H groups in total. The molecule has 0 saturated carbocycles. The first-order valence-corrected chi connectivity index (χ1v) is 9.77. The number of piperazine rings is 1. The summed E-state index contributed by atoms with van der Waals surface area (Å²) in [5, 5.41) is 10.1. The lowest BCUT2D eigenvalue weighted by molar-refractivity contribution is 0.271. The van der Waals surface area contributed by atoms with Gasteiger partial charge >= 0.3 is 0 Å². The van der Waals surface area contributed by atoms with Crippen LogP contribution in [0.4, 0.5) is 11.4 Å². The largest absolute Gasteiger partial charge is 0.507 e. The monoisotopic (exact) mass is 367 g/mol. The summed E-state index contributed by atoms with van der Waals surface area (Å²) in [5.74, 6) is 0.858. The first-order valence-electron chi connectivity index (χ1n) is 9.77. The van der Waals surface area contributed by atoms with Gasteiger partial charge in [-0.1, -0.05) is 13.8 Å². The number of hydrogen-bond donors (Lipinski definition) is 1. The first-order chi connectivity index (χ1) is 13.2. The number of phenolic OH excluding ortho intramolecular Hbond substituents is 1. The van der Waals surface area contributed by atoms with Crippen molar-refractivity contribution in [2.45, 2.75) is 20.3 Å². The fourth-order valence-corrected chi connectivity index (χ4v) is 3.16. The highest BCUT2D eigenvalue weighted by Crippen LogP contribution is 2.24. The van der Waals surface area contributed by atoms with Gasteiger partial charge in [0.1, 0.15) is 11.5 Å². The average molecular weight is 367 g/mol. The van der Waals surface area contributed by atoms with E-state index in [-0.39, 0.29) is 5.75 Å². The molecule has 2 aromatic rings. The zero-order valence-electron chi connectivity index (χ0n) is 16.3. The van der Waals surface area contributed by atoms with Gasteiger partial charge in [0.2, 0.25) is 0 Å². The smallest absolute Gasteiger partial charge is 0.128 e. The van der Waals surface area contributed by atoms with Crippen molar-refractivity contribution in [1.82, 2.24) is 4.90 Å². The lowest BCUT2D eigenvalue weighted by Crippen LogP contribution is -2.46. The third kappa shape index (κ3) is 5.23. The standard InChI is InChI=1S/C22H29N3O2/c1-3-15-27-21-10-5-18(22(26)16-21)17-23-19-6-8-20(9-7-19)25-13-11-24(4-2)12-14-25/h5-10,16-17,26H,3-4,11-15H2,1-2H3. The molecule has 5 nitrogen and oxygen atoms in total. The van der Waals surface area contributed by atoms with Gasteiger partial charge < -0.3 is 19.6 Å². The minimum absolute atomic E-state index is 0.178. The fraction of sp³-hybridized carbons (Fsp3) is 0.409. The zero-order valence-corrected chi connectivity index (χ0v) is 16.3. The molecule has 0 radical (unpaired) electrons. The van der Waals surface area contributed by atoms with Crippen LogP contribution in [0.3, 0.4) is 0 Å². The van der Waals surface area contributed by atoms with Crippen LogP contribution >= 0.6 is 0 Å². The predicted molar refractivity (Wildman–Crippen MR) is 112 cm³/mol. The Morgan fingerprint density at radius 3 is 2.41 bits per heavy atom. The molecule has 0 bridgehead atoms. The Kier molecular flexibility index (Phi) is 6.71. The van der Waals surface area contributed by atoms with Crippen LogP contribution in [0.2, 0.25) is 0 Å². The molecule has 0 aromatic heterocycles. The second-order valence-corrected chi connectivity index (χ2v) is 6.76. The third-order valence-electron chi connectivity index (χ3n) is 4.86. The minimum atomic E-state index is 0.178. The van der Waals surface area contributed by atoms with E-state index in [1.165, 1.54) is 5.69 Å². The molecule has 27 heavy (non-hydrogen) atoms. The van der Waals surface area contributed by atoms with Gasteiger partial charge in [-0.25, -0.2) is 0 Å². The van der Waals surface area contributed by atoms with Crippen molar-refractivity contribution in [3.05, 3.63) is 48.0 Å². The number of anilines is 1. The number of aromatic hydroxyl groups is 1. The molecule has 5 heteroatoms. The SMILES string of the molecule is CCCOc1ccc(C=Nc2ccc(N3CCN(CC)CC3)cc2)c(O)c1. The van der Waals surface area contributed by atoms with Crippen LogP contribution in [0.25, 0.3) is 0 Å². The van der Waals surface area contributed by atoms with Gasteiger partial charge in [0.05, 0.1) is 12.3 Å². The highest BCUT2D eigenvalue weighted by Gasteiger charge is 2.15. The maximum atomic E-state index is 10.1. The number of hydrogen-bond acceptors (Lipinski definition) is 5. The number of nitrogens with zero attached hydrogens (tertiary/aromatic N) is 3. The lowest BCUT2D eigenvalue weighted by Gasteiger charge is -2.35. The van der Waals surface area contributed by atoms with E-state index in [9.17, 15) is 5.11 Å². The first kappa shape index (κ1) is 19.2. The molecule has 2 aromatic carbocycles. The van der Waals surface area contributed by atoms with Crippen LogP contribution in [0.5, 0.6) is 11.5 Å². The van der Waals surface area contributed by atoms with Gasteiger partial charge in [-0.15, -0.1) is 0 Å². The van der Waals surface area contributed by atoms with E-state index in [4.69, 9.17) is 4.74 Å². The van der Waals surface area contributed by atoms with Crippen LogP contribution < -0.4 is 9.64 Å².